The number of nitrogens with zero attached hydrogens (tertiary/aromatic N) is 2. The van der Waals surface area contributed by atoms with Crippen molar-refractivity contribution in [2.75, 3.05) is 18.6 Å². The molecule has 26 heavy (non-hydrogen) atoms. The van der Waals surface area contributed by atoms with Gasteiger partial charge >= 0.3 is 0 Å². The van der Waals surface area contributed by atoms with Crippen LogP contribution in [-0.4, -0.2) is 36.9 Å². The van der Waals surface area contributed by atoms with Crippen LogP contribution in [0.4, 0.5) is 11.4 Å². The number of anilines is 1. The van der Waals surface area contributed by atoms with Crippen molar-refractivity contribution >= 4 is 27.3 Å². The summed E-state index contributed by atoms with van der Waals surface area (Å²) < 4.78 is 24.9. The van der Waals surface area contributed by atoms with Crippen molar-refractivity contribution in [2.45, 2.75) is 13.0 Å². The van der Waals surface area contributed by atoms with E-state index in [4.69, 9.17) is 0 Å². The van der Waals surface area contributed by atoms with Gasteiger partial charge in [-0.05, 0) is 18.6 Å². The zero-order valence-electron chi connectivity index (χ0n) is 14.5. The Labute approximate surface area is 151 Å². The van der Waals surface area contributed by atoms with Crippen molar-refractivity contribution in [1.29, 1.82) is 0 Å². The molecular weight excluding hydrogens is 358 g/mol. The summed E-state index contributed by atoms with van der Waals surface area (Å²) in [5.74, 6) is -0.604. The van der Waals surface area contributed by atoms with Crippen molar-refractivity contribution in [2.24, 2.45) is 0 Å². The van der Waals surface area contributed by atoms with Crippen LogP contribution in [0.15, 0.2) is 48.5 Å². The number of hydrogen-bond donors (Lipinski definition) is 1. The lowest BCUT2D eigenvalue weighted by atomic mass is 10.1. The standard InChI is InChI=1S/C17H19N3O5S/c1-12-14(10-7-11-15(12)20(22)23)18-17(21)16(19(2)26(3,24)25)13-8-5-4-6-9-13/h4-11,16H,1-3H3,(H,18,21). The molecule has 0 aliphatic heterocycles. The maximum Gasteiger partial charge on any atom is 0.274 e. The van der Waals surface area contributed by atoms with E-state index in [9.17, 15) is 23.3 Å². The second-order valence-electron chi connectivity index (χ2n) is 5.79. The van der Waals surface area contributed by atoms with E-state index in [2.05, 4.69) is 5.32 Å². The second-order valence-corrected chi connectivity index (χ2v) is 7.83. The van der Waals surface area contributed by atoms with Crippen LogP contribution in [0.1, 0.15) is 17.2 Å². The normalized spacial score (nSPS) is 12.6. The molecule has 2 aromatic rings. The molecule has 1 N–H and O–H groups in total. The van der Waals surface area contributed by atoms with Gasteiger partial charge in [0.15, 0.2) is 0 Å². The molecule has 0 saturated heterocycles. The number of amides is 1. The van der Waals surface area contributed by atoms with Crippen molar-refractivity contribution in [3.05, 3.63) is 69.8 Å². The minimum absolute atomic E-state index is 0.129. The lowest BCUT2D eigenvalue weighted by Crippen LogP contribution is -2.38. The maximum absolute atomic E-state index is 12.8. The average Bonchev–Trinajstić information content (AvgIpc) is 2.56. The summed E-state index contributed by atoms with van der Waals surface area (Å²) in [7, 11) is -2.34. The topological polar surface area (TPSA) is 110 Å². The molecule has 0 aromatic heterocycles. The Balaban J connectivity index is 2.43. The molecule has 0 bridgehead atoms. The monoisotopic (exact) mass is 377 g/mol. The summed E-state index contributed by atoms with van der Waals surface area (Å²) in [5.41, 5.74) is 0.906. The van der Waals surface area contributed by atoms with E-state index >= 15 is 0 Å². The van der Waals surface area contributed by atoms with Gasteiger partial charge in [-0.25, -0.2) is 8.42 Å². The number of rotatable bonds is 6. The van der Waals surface area contributed by atoms with E-state index < -0.39 is 26.9 Å². The molecule has 0 spiro atoms. The highest BCUT2D eigenvalue weighted by atomic mass is 32.2. The van der Waals surface area contributed by atoms with E-state index in [0.717, 1.165) is 10.6 Å². The fourth-order valence-corrected chi connectivity index (χ4v) is 3.11. The third-order valence-corrected chi connectivity index (χ3v) is 5.27. The predicted molar refractivity (Wildman–Crippen MR) is 98.3 cm³/mol. The maximum atomic E-state index is 12.8. The van der Waals surface area contributed by atoms with E-state index in [1.54, 1.807) is 30.3 Å². The summed E-state index contributed by atoms with van der Waals surface area (Å²) in [5, 5.41) is 13.7. The average molecular weight is 377 g/mol. The highest BCUT2D eigenvalue weighted by Gasteiger charge is 2.31. The molecule has 9 heteroatoms. The first-order valence-corrected chi connectivity index (χ1v) is 9.50. The lowest BCUT2D eigenvalue weighted by molar-refractivity contribution is -0.385. The Hall–Kier alpha value is -2.78. The lowest BCUT2D eigenvalue weighted by Gasteiger charge is -2.26. The van der Waals surface area contributed by atoms with Crippen LogP contribution in [-0.2, 0) is 14.8 Å². The van der Waals surface area contributed by atoms with Crippen LogP contribution in [0.5, 0.6) is 0 Å². The van der Waals surface area contributed by atoms with Crippen LogP contribution < -0.4 is 5.32 Å². The molecule has 0 fully saturated rings. The SMILES string of the molecule is Cc1c(NC(=O)C(c2ccccc2)N(C)S(C)(=O)=O)cccc1[N+](=O)[O-]. The summed E-state index contributed by atoms with van der Waals surface area (Å²) in [6, 6.07) is 11.7. The highest BCUT2D eigenvalue weighted by Crippen LogP contribution is 2.28. The van der Waals surface area contributed by atoms with Crippen molar-refractivity contribution < 1.29 is 18.1 Å². The summed E-state index contributed by atoms with van der Waals surface area (Å²) in [6.45, 7) is 1.52. The molecule has 2 rings (SSSR count). The van der Waals surface area contributed by atoms with Gasteiger partial charge in [0, 0.05) is 13.1 Å². The first-order chi connectivity index (χ1) is 12.1. The molecule has 0 aliphatic carbocycles. The van der Waals surface area contributed by atoms with Gasteiger partial charge < -0.3 is 5.32 Å². The van der Waals surface area contributed by atoms with Crippen molar-refractivity contribution in [3.8, 4) is 0 Å². The first kappa shape index (κ1) is 19.5. The number of nitrogens with one attached hydrogen (secondary N) is 1. The Morgan fingerprint density at radius 2 is 1.77 bits per heavy atom. The number of carbonyl (C=O) groups is 1. The quantitative estimate of drug-likeness (QED) is 0.614. The molecule has 1 unspecified atom stereocenters. The number of sulfonamides is 1. The fourth-order valence-electron chi connectivity index (χ4n) is 2.51. The van der Waals surface area contributed by atoms with Crippen LogP contribution >= 0.6 is 0 Å². The van der Waals surface area contributed by atoms with E-state index in [1.165, 1.54) is 32.2 Å². The molecular formula is C17H19N3O5S. The molecule has 2 aromatic carbocycles. The van der Waals surface area contributed by atoms with Crippen LogP contribution in [0, 0.1) is 17.0 Å². The van der Waals surface area contributed by atoms with Gasteiger partial charge in [-0.3, -0.25) is 14.9 Å². The predicted octanol–water partition coefficient (Wildman–Crippen LogP) is 2.47. The van der Waals surface area contributed by atoms with Gasteiger partial charge in [-0.15, -0.1) is 0 Å². The minimum Gasteiger partial charge on any atom is -0.324 e. The Morgan fingerprint density at radius 3 is 2.31 bits per heavy atom. The zero-order chi connectivity index (χ0) is 19.5. The number of nitro benzene ring substituents is 1. The molecule has 0 radical (unpaired) electrons. The summed E-state index contributed by atoms with van der Waals surface area (Å²) >= 11 is 0. The van der Waals surface area contributed by atoms with Crippen LogP contribution in [0.3, 0.4) is 0 Å². The smallest absolute Gasteiger partial charge is 0.274 e. The minimum atomic E-state index is -3.65. The molecule has 8 nitrogen and oxygen atoms in total. The van der Waals surface area contributed by atoms with Crippen LogP contribution in [0.25, 0.3) is 0 Å². The number of hydrogen-bond acceptors (Lipinski definition) is 5. The molecule has 0 saturated carbocycles. The molecule has 0 heterocycles. The number of nitro groups is 1. The Morgan fingerprint density at radius 1 is 1.15 bits per heavy atom. The summed E-state index contributed by atoms with van der Waals surface area (Å²) in [6.07, 6.45) is 1.01. The second kappa shape index (κ2) is 7.63. The van der Waals surface area contributed by atoms with Gasteiger partial charge in [0.25, 0.3) is 5.69 Å². The molecule has 1 atom stereocenters. The van der Waals surface area contributed by atoms with Crippen molar-refractivity contribution in [1.82, 2.24) is 4.31 Å². The van der Waals surface area contributed by atoms with Gasteiger partial charge in [0.2, 0.25) is 15.9 Å². The van der Waals surface area contributed by atoms with Gasteiger partial charge in [0.05, 0.1) is 22.4 Å². The first-order valence-electron chi connectivity index (χ1n) is 7.65. The Kier molecular flexibility index (Phi) is 5.73. The van der Waals surface area contributed by atoms with E-state index in [1.807, 2.05) is 0 Å². The van der Waals surface area contributed by atoms with E-state index in [-0.39, 0.29) is 11.4 Å². The molecule has 138 valence electrons. The molecule has 1 amide bonds. The van der Waals surface area contributed by atoms with Gasteiger partial charge in [0.1, 0.15) is 6.04 Å². The zero-order valence-corrected chi connectivity index (χ0v) is 15.4. The fraction of sp³-hybridized carbons (Fsp3) is 0.235. The number of benzene rings is 2. The summed E-state index contributed by atoms with van der Waals surface area (Å²) in [4.78, 5) is 23.4. The third-order valence-electron chi connectivity index (χ3n) is 4.01. The number of carbonyl (C=O) groups excluding carboxylic acids is 1. The Bertz CT molecular complexity index is 929. The van der Waals surface area contributed by atoms with Crippen LogP contribution in [0.2, 0.25) is 0 Å². The highest BCUT2D eigenvalue weighted by molar-refractivity contribution is 7.88. The van der Waals surface area contributed by atoms with Crippen molar-refractivity contribution in [3.63, 3.8) is 0 Å². The van der Waals surface area contributed by atoms with Gasteiger partial charge in [-0.1, -0.05) is 36.4 Å². The number of likely N-dealkylation sites (N-methyl/N-ethyl adjacent to an activating group) is 1. The largest absolute Gasteiger partial charge is 0.324 e. The molecule has 0 aliphatic rings. The van der Waals surface area contributed by atoms with Gasteiger partial charge in [-0.2, -0.15) is 4.31 Å². The van der Waals surface area contributed by atoms with E-state index in [0.29, 0.717) is 11.1 Å². The third kappa shape index (κ3) is 4.24.